The first kappa shape index (κ1) is 12.1. The van der Waals surface area contributed by atoms with Gasteiger partial charge in [-0.25, -0.2) is 9.79 Å². The number of phenolic OH excluding ortho intramolecular Hbond substituents is 1. The number of benzene rings is 1. The van der Waals surface area contributed by atoms with E-state index in [1.54, 1.807) is 12.1 Å². The van der Waals surface area contributed by atoms with Crippen LogP contribution in [0.2, 0.25) is 5.02 Å². The number of aliphatic imine (C=N–C) groups is 1. The number of hydrogen-bond donors (Lipinski definition) is 2. The molecule has 0 saturated heterocycles. The van der Waals surface area contributed by atoms with Crippen LogP contribution in [0.3, 0.4) is 0 Å². The molecule has 2 rings (SSSR count). The number of nitrogens with zero attached hydrogens (tertiary/aromatic N) is 1. The first-order valence-electron chi connectivity index (χ1n) is 4.65. The summed E-state index contributed by atoms with van der Waals surface area (Å²) < 4.78 is 4.53. The number of carboxylic acid groups (broad SMARTS) is 1. The Kier molecular flexibility index (Phi) is 3.44. The zero-order valence-corrected chi connectivity index (χ0v) is 10.0. The van der Waals surface area contributed by atoms with Crippen molar-refractivity contribution in [1.29, 1.82) is 0 Å². The molecule has 1 atom stereocenters. The number of carbonyl (C=O) groups is 1. The van der Waals surface area contributed by atoms with Crippen LogP contribution in [0.1, 0.15) is 5.56 Å². The summed E-state index contributed by atoms with van der Waals surface area (Å²) in [4.78, 5) is 14.4. The molecule has 1 aromatic carbocycles. The van der Waals surface area contributed by atoms with E-state index in [2.05, 4.69) is 9.73 Å². The van der Waals surface area contributed by atoms with E-state index in [0.717, 1.165) is 0 Å². The highest BCUT2D eigenvalue weighted by Crippen LogP contribution is 2.30. The molecule has 2 N–H and O–H groups in total. The third kappa shape index (κ3) is 2.83. The summed E-state index contributed by atoms with van der Waals surface area (Å²) in [6.45, 7) is 0. The van der Waals surface area contributed by atoms with Gasteiger partial charge in [-0.3, -0.25) is 0 Å². The highest BCUT2D eigenvalue weighted by atomic mass is 35.5. The Morgan fingerprint density at radius 3 is 3.06 bits per heavy atom. The van der Waals surface area contributed by atoms with E-state index in [0.29, 0.717) is 21.4 Å². The van der Waals surface area contributed by atoms with E-state index < -0.39 is 12.4 Å². The van der Waals surface area contributed by atoms with Gasteiger partial charge in [0.15, 0.2) is 0 Å². The highest BCUT2D eigenvalue weighted by Gasteiger charge is 2.24. The van der Waals surface area contributed by atoms with Crippen molar-refractivity contribution in [2.75, 3.05) is 5.75 Å². The minimum absolute atomic E-state index is 0.0524. The Morgan fingerprint density at radius 2 is 2.35 bits per heavy atom. The maximum absolute atomic E-state index is 10.3. The van der Waals surface area contributed by atoms with E-state index in [1.165, 1.54) is 17.8 Å². The van der Waals surface area contributed by atoms with Gasteiger partial charge < -0.3 is 14.9 Å². The fourth-order valence-electron chi connectivity index (χ4n) is 1.36. The number of phenols is 1. The lowest BCUT2D eigenvalue weighted by molar-refractivity contribution is 0.0651. The number of ether oxygens (including phenoxy) is 1. The smallest absolute Gasteiger partial charge is 0.507 e. The van der Waals surface area contributed by atoms with Gasteiger partial charge in [0.25, 0.3) is 0 Å². The number of rotatable bonds is 2. The predicted octanol–water partition coefficient (Wildman–Crippen LogP) is 2.56. The first-order valence-corrected chi connectivity index (χ1v) is 6.01. The van der Waals surface area contributed by atoms with E-state index in [9.17, 15) is 9.90 Å². The highest BCUT2D eigenvalue weighted by molar-refractivity contribution is 8.14. The van der Waals surface area contributed by atoms with Gasteiger partial charge in [-0.05, 0) is 18.2 Å². The molecule has 1 aliphatic heterocycles. The van der Waals surface area contributed by atoms with E-state index in [-0.39, 0.29) is 5.75 Å². The molecule has 0 aromatic heterocycles. The van der Waals surface area contributed by atoms with E-state index >= 15 is 0 Å². The molecule has 0 fully saturated rings. The first-order chi connectivity index (χ1) is 8.06. The summed E-state index contributed by atoms with van der Waals surface area (Å²) in [5, 5.41) is 19.1. The summed E-state index contributed by atoms with van der Waals surface area (Å²) >= 11 is 7.13. The van der Waals surface area contributed by atoms with Crippen molar-refractivity contribution < 1.29 is 19.7 Å². The number of halogens is 1. The topological polar surface area (TPSA) is 79.1 Å². The van der Waals surface area contributed by atoms with Crippen molar-refractivity contribution in [1.82, 2.24) is 0 Å². The number of thioether (sulfide) groups is 1. The Balaban J connectivity index is 2.23. The van der Waals surface area contributed by atoms with Crippen molar-refractivity contribution in [3.63, 3.8) is 0 Å². The molecule has 1 heterocycles. The largest absolute Gasteiger partial charge is 0.507 e. The van der Waals surface area contributed by atoms with Crippen molar-refractivity contribution in [2.24, 2.45) is 4.99 Å². The molecule has 0 amide bonds. The van der Waals surface area contributed by atoms with Crippen molar-refractivity contribution in [3.8, 4) is 5.75 Å². The molecule has 5 nitrogen and oxygen atoms in total. The maximum Gasteiger partial charge on any atom is 0.507 e. The van der Waals surface area contributed by atoms with Crippen molar-refractivity contribution in [2.45, 2.75) is 6.23 Å². The second-order valence-corrected chi connectivity index (χ2v) is 4.69. The molecule has 0 aliphatic carbocycles. The monoisotopic (exact) mass is 273 g/mol. The Morgan fingerprint density at radius 1 is 1.59 bits per heavy atom. The van der Waals surface area contributed by atoms with Crippen LogP contribution in [0.15, 0.2) is 23.2 Å². The normalized spacial score (nSPS) is 18.9. The van der Waals surface area contributed by atoms with Crippen LogP contribution in [0.25, 0.3) is 0 Å². The Bertz CT molecular complexity index is 491. The van der Waals surface area contributed by atoms with Crippen LogP contribution in [0, 0.1) is 0 Å². The van der Waals surface area contributed by atoms with Gasteiger partial charge in [0, 0.05) is 10.6 Å². The Labute approximate surface area is 106 Å². The van der Waals surface area contributed by atoms with Crippen LogP contribution >= 0.6 is 23.4 Å². The molecule has 17 heavy (non-hydrogen) atoms. The predicted molar refractivity (Wildman–Crippen MR) is 65.0 cm³/mol. The lowest BCUT2D eigenvalue weighted by atomic mass is 10.2. The summed E-state index contributed by atoms with van der Waals surface area (Å²) in [5.41, 5.74) is 0.485. The summed E-state index contributed by atoms with van der Waals surface area (Å²) in [7, 11) is 0. The molecule has 7 heteroatoms. The summed E-state index contributed by atoms with van der Waals surface area (Å²) in [5.74, 6) is 0.449. The molecule has 90 valence electrons. The van der Waals surface area contributed by atoms with Crippen LogP contribution in [-0.4, -0.2) is 33.4 Å². The molecule has 0 spiro atoms. The zero-order valence-electron chi connectivity index (χ0n) is 8.46. The second kappa shape index (κ2) is 4.85. The fourth-order valence-corrected chi connectivity index (χ4v) is 2.49. The molecular weight excluding hydrogens is 266 g/mol. The lowest BCUT2D eigenvalue weighted by Gasteiger charge is -2.03. The molecule has 0 bridgehead atoms. The molecule has 0 saturated carbocycles. The summed E-state index contributed by atoms with van der Waals surface area (Å²) in [6, 6.07) is 4.60. The molecule has 1 unspecified atom stereocenters. The van der Waals surface area contributed by atoms with Gasteiger partial charge in [0.05, 0.1) is 5.75 Å². The zero-order chi connectivity index (χ0) is 12.4. The minimum Gasteiger partial charge on any atom is -0.507 e. The van der Waals surface area contributed by atoms with Crippen LogP contribution in [0.4, 0.5) is 4.79 Å². The standard InChI is InChI=1S/C10H8ClNO4S/c11-5-1-2-7(13)6(3-5)9-12-8(4-17-9)16-10(14)15/h1-3,8,13H,4H2,(H,14,15). The van der Waals surface area contributed by atoms with E-state index in [1.807, 2.05) is 0 Å². The Hall–Kier alpha value is -1.40. The molecule has 1 aromatic rings. The number of aromatic hydroxyl groups is 1. The SMILES string of the molecule is O=C(O)OC1CSC(c2cc(Cl)ccc2O)=N1. The van der Waals surface area contributed by atoms with Crippen LogP contribution in [0.5, 0.6) is 5.75 Å². The third-order valence-electron chi connectivity index (χ3n) is 2.05. The van der Waals surface area contributed by atoms with Crippen LogP contribution < -0.4 is 0 Å². The van der Waals surface area contributed by atoms with Gasteiger partial charge in [0.1, 0.15) is 10.8 Å². The number of hydrogen-bond acceptors (Lipinski definition) is 5. The van der Waals surface area contributed by atoms with Crippen molar-refractivity contribution in [3.05, 3.63) is 28.8 Å². The molecular formula is C10H8ClNO4S. The average molecular weight is 274 g/mol. The third-order valence-corrected chi connectivity index (χ3v) is 3.34. The van der Waals surface area contributed by atoms with Gasteiger partial charge in [0.2, 0.25) is 6.23 Å². The van der Waals surface area contributed by atoms with E-state index in [4.69, 9.17) is 16.7 Å². The molecule has 0 radical (unpaired) electrons. The average Bonchev–Trinajstić information content (AvgIpc) is 2.69. The lowest BCUT2D eigenvalue weighted by Crippen LogP contribution is -2.13. The van der Waals surface area contributed by atoms with Gasteiger partial charge in [-0.1, -0.05) is 11.6 Å². The van der Waals surface area contributed by atoms with Crippen LogP contribution in [-0.2, 0) is 4.74 Å². The second-order valence-electron chi connectivity index (χ2n) is 3.25. The fraction of sp³-hybridized carbons (Fsp3) is 0.200. The summed E-state index contributed by atoms with van der Waals surface area (Å²) in [6.07, 6.45) is -2.10. The maximum atomic E-state index is 10.3. The molecule has 1 aliphatic rings. The minimum atomic E-state index is -1.36. The van der Waals surface area contributed by atoms with Gasteiger partial charge >= 0.3 is 6.16 Å². The van der Waals surface area contributed by atoms with Gasteiger partial charge in [-0.2, -0.15) is 0 Å². The quantitative estimate of drug-likeness (QED) is 0.810. The van der Waals surface area contributed by atoms with Crippen molar-refractivity contribution >= 4 is 34.6 Å². The van der Waals surface area contributed by atoms with Gasteiger partial charge in [-0.15, -0.1) is 11.8 Å².